The second-order valence-corrected chi connectivity index (χ2v) is 9.44. The summed E-state index contributed by atoms with van der Waals surface area (Å²) in [7, 11) is 2.15. The molecular formula is C27H24ClN9O. The molecular weight excluding hydrogens is 502 g/mol. The lowest BCUT2D eigenvalue weighted by atomic mass is 10.1. The van der Waals surface area contributed by atoms with Crippen molar-refractivity contribution < 1.29 is 0 Å². The Bertz CT molecular complexity index is 1650. The summed E-state index contributed by atoms with van der Waals surface area (Å²) in [6.07, 6.45) is 6.39. The van der Waals surface area contributed by atoms with Crippen molar-refractivity contribution in [1.29, 1.82) is 0 Å². The summed E-state index contributed by atoms with van der Waals surface area (Å²) in [6, 6.07) is 15.2. The van der Waals surface area contributed by atoms with E-state index in [0.29, 0.717) is 27.6 Å². The number of hydrogen-bond acceptors (Lipinski definition) is 9. The van der Waals surface area contributed by atoms with E-state index in [1.165, 1.54) is 16.6 Å². The van der Waals surface area contributed by atoms with Gasteiger partial charge < -0.3 is 15.1 Å². The van der Waals surface area contributed by atoms with Gasteiger partial charge in [0.05, 0.1) is 10.4 Å². The van der Waals surface area contributed by atoms with E-state index in [0.717, 1.165) is 37.4 Å². The van der Waals surface area contributed by atoms with Gasteiger partial charge in [0.1, 0.15) is 11.2 Å². The Morgan fingerprint density at radius 2 is 1.68 bits per heavy atom. The lowest BCUT2D eigenvalue weighted by Crippen LogP contribution is -2.44. The van der Waals surface area contributed by atoms with Gasteiger partial charge in [0.2, 0.25) is 5.95 Å². The molecule has 0 bridgehead atoms. The van der Waals surface area contributed by atoms with E-state index in [9.17, 15) is 4.79 Å². The molecule has 1 aliphatic rings. The molecule has 1 N–H and O–H groups in total. The molecule has 38 heavy (non-hydrogen) atoms. The fraction of sp³-hybridized carbons (Fsp3) is 0.185. The van der Waals surface area contributed by atoms with Crippen molar-refractivity contribution in [1.82, 2.24) is 34.6 Å². The fourth-order valence-electron chi connectivity index (χ4n) is 4.42. The number of pyridine rings is 2. The molecule has 1 aromatic carbocycles. The predicted molar refractivity (Wildman–Crippen MR) is 148 cm³/mol. The second kappa shape index (κ2) is 10.2. The largest absolute Gasteiger partial charge is 0.369 e. The van der Waals surface area contributed by atoms with Gasteiger partial charge >= 0.3 is 0 Å². The number of nitrogens with one attached hydrogen (secondary N) is 1. The van der Waals surface area contributed by atoms with Crippen LogP contribution in [0.5, 0.6) is 0 Å². The van der Waals surface area contributed by atoms with E-state index in [4.69, 9.17) is 16.6 Å². The SMILES string of the molecule is CN1CCN(c2ccc(Nc3ncc4c(=O)n(-c5ncccc5Cl)nc(-c5ccncc5)c4n3)cc2)CC1. The third-order valence-electron chi connectivity index (χ3n) is 6.52. The van der Waals surface area contributed by atoms with Crippen molar-refractivity contribution in [3.05, 3.63) is 88.7 Å². The number of hydrogen-bond donors (Lipinski definition) is 1. The number of benzene rings is 1. The first kappa shape index (κ1) is 24.0. The number of halogens is 1. The first-order chi connectivity index (χ1) is 18.6. The van der Waals surface area contributed by atoms with E-state index >= 15 is 0 Å². The molecule has 0 atom stereocenters. The third kappa shape index (κ3) is 4.67. The van der Waals surface area contributed by atoms with Gasteiger partial charge in [0, 0.05) is 67.9 Å². The Kier molecular flexibility index (Phi) is 6.40. The Hall–Kier alpha value is -4.41. The zero-order chi connectivity index (χ0) is 26.1. The summed E-state index contributed by atoms with van der Waals surface area (Å²) in [5.41, 5.74) is 3.25. The molecule has 10 nitrogen and oxygen atoms in total. The van der Waals surface area contributed by atoms with E-state index in [2.05, 4.69) is 54.3 Å². The van der Waals surface area contributed by atoms with Crippen LogP contribution in [0.1, 0.15) is 0 Å². The van der Waals surface area contributed by atoms with Gasteiger partial charge in [-0.25, -0.2) is 15.0 Å². The first-order valence-electron chi connectivity index (χ1n) is 12.2. The highest BCUT2D eigenvalue weighted by Gasteiger charge is 2.19. The summed E-state index contributed by atoms with van der Waals surface area (Å²) in [6.45, 7) is 4.10. The molecule has 0 aliphatic carbocycles. The predicted octanol–water partition coefficient (Wildman–Crippen LogP) is 3.78. The summed E-state index contributed by atoms with van der Waals surface area (Å²) in [5.74, 6) is 0.592. The Morgan fingerprint density at radius 1 is 0.921 bits per heavy atom. The standard InChI is InChI=1S/C27H24ClN9O/c1-35-13-15-36(16-14-35)20-6-4-19(5-7-20)32-27-31-17-21-24(33-27)23(18-8-11-29-12-9-18)34-37(26(21)38)25-22(28)3-2-10-30-25/h2-12,17H,13-16H2,1H3,(H,31,32,33). The molecule has 6 rings (SSSR count). The van der Waals surface area contributed by atoms with Crippen molar-refractivity contribution in [2.24, 2.45) is 0 Å². The molecule has 0 saturated carbocycles. The number of likely N-dealkylation sites (N-methyl/N-ethyl adjacent to an activating group) is 1. The van der Waals surface area contributed by atoms with Crippen molar-refractivity contribution in [3.8, 4) is 17.1 Å². The average Bonchev–Trinajstić information content (AvgIpc) is 2.95. The molecule has 11 heteroatoms. The van der Waals surface area contributed by atoms with Crippen molar-refractivity contribution in [2.75, 3.05) is 43.4 Å². The van der Waals surface area contributed by atoms with Crippen LogP contribution in [0.4, 0.5) is 17.3 Å². The van der Waals surface area contributed by atoms with Crippen molar-refractivity contribution >= 4 is 39.8 Å². The molecule has 4 aromatic heterocycles. The van der Waals surface area contributed by atoms with Gasteiger partial charge in [-0.2, -0.15) is 9.78 Å². The van der Waals surface area contributed by atoms with Crippen LogP contribution in [-0.2, 0) is 0 Å². The maximum atomic E-state index is 13.4. The van der Waals surface area contributed by atoms with E-state index in [-0.39, 0.29) is 5.82 Å². The van der Waals surface area contributed by atoms with Crippen LogP contribution < -0.4 is 15.8 Å². The van der Waals surface area contributed by atoms with Gasteiger partial charge in [0.25, 0.3) is 5.56 Å². The van der Waals surface area contributed by atoms with Crippen molar-refractivity contribution in [3.63, 3.8) is 0 Å². The minimum Gasteiger partial charge on any atom is -0.369 e. The fourth-order valence-corrected chi connectivity index (χ4v) is 4.62. The molecule has 0 unspecified atom stereocenters. The highest BCUT2D eigenvalue weighted by atomic mass is 35.5. The van der Waals surface area contributed by atoms with E-state index < -0.39 is 5.56 Å². The molecule has 0 spiro atoms. The molecule has 0 radical (unpaired) electrons. The van der Waals surface area contributed by atoms with Crippen LogP contribution in [0.15, 0.2) is 78.1 Å². The zero-order valence-corrected chi connectivity index (χ0v) is 21.4. The van der Waals surface area contributed by atoms with Crippen molar-refractivity contribution in [2.45, 2.75) is 0 Å². The summed E-state index contributed by atoms with van der Waals surface area (Å²) < 4.78 is 1.19. The quantitative estimate of drug-likeness (QED) is 0.367. The minimum absolute atomic E-state index is 0.235. The lowest BCUT2D eigenvalue weighted by Gasteiger charge is -2.34. The highest BCUT2D eigenvalue weighted by molar-refractivity contribution is 6.32. The number of rotatable bonds is 5. The Morgan fingerprint density at radius 3 is 2.42 bits per heavy atom. The number of nitrogens with zero attached hydrogens (tertiary/aromatic N) is 8. The molecule has 190 valence electrons. The van der Waals surface area contributed by atoms with E-state index in [1.807, 2.05) is 24.3 Å². The molecule has 1 saturated heterocycles. The molecule has 5 aromatic rings. The highest BCUT2D eigenvalue weighted by Crippen LogP contribution is 2.26. The maximum absolute atomic E-state index is 13.4. The summed E-state index contributed by atoms with van der Waals surface area (Å²) in [4.78, 5) is 35.6. The molecule has 1 fully saturated rings. The number of fused-ring (bicyclic) bond motifs is 1. The monoisotopic (exact) mass is 525 g/mol. The zero-order valence-electron chi connectivity index (χ0n) is 20.6. The lowest BCUT2D eigenvalue weighted by molar-refractivity contribution is 0.313. The smallest absolute Gasteiger partial charge is 0.284 e. The Labute approximate surface area is 223 Å². The van der Waals surface area contributed by atoms with Crippen LogP contribution in [-0.4, -0.2) is 67.8 Å². The molecule has 0 amide bonds. The van der Waals surface area contributed by atoms with Gasteiger partial charge in [-0.05, 0) is 55.6 Å². The van der Waals surface area contributed by atoms with Gasteiger partial charge in [-0.15, -0.1) is 0 Å². The van der Waals surface area contributed by atoms with E-state index in [1.54, 1.807) is 30.7 Å². The number of aromatic nitrogens is 6. The topological polar surface area (TPSA) is 105 Å². The number of piperazine rings is 1. The minimum atomic E-state index is -0.415. The third-order valence-corrected chi connectivity index (χ3v) is 6.82. The van der Waals surface area contributed by atoms with Gasteiger partial charge in [0.15, 0.2) is 5.82 Å². The van der Waals surface area contributed by atoms with Gasteiger partial charge in [-0.3, -0.25) is 9.78 Å². The van der Waals surface area contributed by atoms with Crippen LogP contribution in [0.3, 0.4) is 0 Å². The Balaban J connectivity index is 1.38. The average molecular weight is 526 g/mol. The summed E-state index contributed by atoms with van der Waals surface area (Å²) in [5, 5.41) is 8.48. The number of anilines is 3. The molecule has 1 aliphatic heterocycles. The van der Waals surface area contributed by atoms with Crippen LogP contribution in [0.25, 0.3) is 28.0 Å². The molecule has 5 heterocycles. The van der Waals surface area contributed by atoms with Gasteiger partial charge in [-0.1, -0.05) is 11.6 Å². The normalized spacial score (nSPS) is 14.1. The summed E-state index contributed by atoms with van der Waals surface area (Å²) >= 11 is 6.34. The first-order valence-corrected chi connectivity index (χ1v) is 12.6. The van der Waals surface area contributed by atoms with Crippen LogP contribution in [0, 0.1) is 0 Å². The van der Waals surface area contributed by atoms with Crippen LogP contribution >= 0.6 is 11.6 Å². The van der Waals surface area contributed by atoms with Crippen LogP contribution in [0.2, 0.25) is 5.02 Å². The maximum Gasteiger partial charge on any atom is 0.284 e. The second-order valence-electron chi connectivity index (χ2n) is 9.03.